The minimum Gasteiger partial charge on any atom is -0.496 e. The largest absolute Gasteiger partial charge is 0.496 e. The van der Waals surface area contributed by atoms with Crippen molar-refractivity contribution in [2.24, 2.45) is 5.73 Å². The molecule has 0 saturated heterocycles. The van der Waals surface area contributed by atoms with Crippen LogP contribution in [0.3, 0.4) is 0 Å². The quantitative estimate of drug-likeness (QED) is 0.577. The molecule has 2 N–H and O–H groups in total. The van der Waals surface area contributed by atoms with Gasteiger partial charge in [-0.25, -0.2) is 0 Å². The second-order valence-electron chi connectivity index (χ2n) is 4.49. The molecule has 0 fully saturated rings. The highest BCUT2D eigenvalue weighted by molar-refractivity contribution is 14.1. The van der Waals surface area contributed by atoms with Crippen molar-refractivity contribution in [3.63, 3.8) is 0 Å². The zero-order valence-electron chi connectivity index (χ0n) is 11.1. The van der Waals surface area contributed by atoms with E-state index >= 15 is 0 Å². The standard InChI is InChI=1S/C15H14Br2INO/c1-8-5-14(20-2)11(7-12(8)17)15(19)10-6-9(16)3-4-13(10)18/h3-7,15H,19H2,1-2H3. The Labute approximate surface area is 149 Å². The number of aryl methyl sites for hydroxylation is 1. The molecule has 0 heterocycles. The summed E-state index contributed by atoms with van der Waals surface area (Å²) < 4.78 is 8.67. The maximum absolute atomic E-state index is 6.45. The summed E-state index contributed by atoms with van der Waals surface area (Å²) in [5, 5.41) is 0. The molecule has 0 amide bonds. The van der Waals surface area contributed by atoms with Crippen molar-refractivity contribution < 1.29 is 4.74 Å². The predicted molar refractivity (Wildman–Crippen MR) is 98.3 cm³/mol. The Hall–Kier alpha value is -0.110. The van der Waals surface area contributed by atoms with Crippen LogP contribution in [-0.2, 0) is 0 Å². The van der Waals surface area contributed by atoms with Crippen LogP contribution in [0.25, 0.3) is 0 Å². The van der Waals surface area contributed by atoms with Crippen LogP contribution in [0.1, 0.15) is 22.7 Å². The van der Waals surface area contributed by atoms with E-state index in [2.05, 4.69) is 66.6 Å². The highest BCUT2D eigenvalue weighted by Crippen LogP contribution is 2.35. The van der Waals surface area contributed by atoms with Crippen LogP contribution >= 0.6 is 54.5 Å². The van der Waals surface area contributed by atoms with E-state index in [1.54, 1.807) is 7.11 Å². The Bertz CT molecular complexity index is 646. The summed E-state index contributed by atoms with van der Waals surface area (Å²) in [5.74, 6) is 0.814. The van der Waals surface area contributed by atoms with Gasteiger partial charge in [0.2, 0.25) is 0 Å². The third-order valence-electron chi connectivity index (χ3n) is 3.14. The van der Waals surface area contributed by atoms with Gasteiger partial charge in [0.25, 0.3) is 0 Å². The average molecular weight is 511 g/mol. The Balaban J connectivity index is 2.55. The van der Waals surface area contributed by atoms with Gasteiger partial charge in [0.1, 0.15) is 5.75 Å². The molecule has 106 valence electrons. The third kappa shape index (κ3) is 3.37. The number of halogens is 3. The molecule has 2 rings (SSSR count). The van der Waals surface area contributed by atoms with Crippen LogP contribution < -0.4 is 10.5 Å². The van der Waals surface area contributed by atoms with Crippen molar-refractivity contribution in [1.82, 2.24) is 0 Å². The van der Waals surface area contributed by atoms with Gasteiger partial charge < -0.3 is 10.5 Å². The fraction of sp³-hybridized carbons (Fsp3) is 0.200. The normalized spacial score (nSPS) is 12.3. The van der Waals surface area contributed by atoms with Crippen molar-refractivity contribution in [3.8, 4) is 5.75 Å². The third-order valence-corrected chi connectivity index (χ3v) is 5.47. The molecule has 0 spiro atoms. The molecule has 0 saturated carbocycles. The van der Waals surface area contributed by atoms with Crippen molar-refractivity contribution in [3.05, 3.63) is 59.5 Å². The molecular weight excluding hydrogens is 497 g/mol. The highest BCUT2D eigenvalue weighted by Gasteiger charge is 2.18. The number of hydrogen-bond acceptors (Lipinski definition) is 2. The first-order chi connectivity index (χ1) is 9.43. The SMILES string of the molecule is COc1cc(C)c(Br)cc1C(N)c1cc(Br)ccc1I. The second-order valence-corrected chi connectivity index (χ2v) is 7.42. The van der Waals surface area contributed by atoms with Gasteiger partial charge in [-0.05, 0) is 71.0 Å². The summed E-state index contributed by atoms with van der Waals surface area (Å²) in [6, 6.07) is 9.93. The van der Waals surface area contributed by atoms with Gasteiger partial charge in [-0.15, -0.1) is 0 Å². The molecule has 1 unspecified atom stereocenters. The summed E-state index contributed by atoms with van der Waals surface area (Å²) >= 11 is 9.37. The van der Waals surface area contributed by atoms with E-state index in [4.69, 9.17) is 10.5 Å². The maximum Gasteiger partial charge on any atom is 0.124 e. The number of methoxy groups -OCH3 is 1. The van der Waals surface area contributed by atoms with E-state index in [1.807, 2.05) is 25.1 Å². The molecule has 0 aliphatic rings. The number of ether oxygens (including phenoxy) is 1. The van der Waals surface area contributed by atoms with Crippen LogP contribution in [0.4, 0.5) is 0 Å². The van der Waals surface area contributed by atoms with E-state index in [0.29, 0.717) is 0 Å². The lowest BCUT2D eigenvalue weighted by molar-refractivity contribution is 0.407. The minimum atomic E-state index is -0.230. The van der Waals surface area contributed by atoms with E-state index in [9.17, 15) is 0 Å². The highest BCUT2D eigenvalue weighted by atomic mass is 127. The first-order valence-electron chi connectivity index (χ1n) is 5.98. The van der Waals surface area contributed by atoms with Crippen LogP contribution in [0.2, 0.25) is 0 Å². The fourth-order valence-electron chi connectivity index (χ4n) is 2.01. The lowest BCUT2D eigenvalue weighted by Crippen LogP contribution is -2.15. The molecule has 0 radical (unpaired) electrons. The Morgan fingerprint density at radius 1 is 1.15 bits per heavy atom. The van der Waals surface area contributed by atoms with Crippen LogP contribution in [0, 0.1) is 10.5 Å². The second kappa shape index (κ2) is 6.77. The zero-order chi connectivity index (χ0) is 14.9. The lowest BCUT2D eigenvalue weighted by atomic mass is 9.98. The minimum absolute atomic E-state index is 0.230. The van der Waals surface area contributed by atoms with Gasteiger partial charge in [0, 0.05) is 18.1 Å². The van der Waals surface area contributed by atoms with E-state index < -0.39 is 0 Å². The summed E-state index contributed by atoms with van der Waals surface area (Å²) in [6.45, 7) is 2.03. The number of nitrogens with two attached hydrogens (primary N) is 1. The van der Waals surface area contributed by atoms with E-state index in [1.165, 1.54) is 0 Å². The topological polar surface area (TPSA) is 35.2 Å². The number of rotatable bonds is 3. The van der Waals surface area contributed by atoms with E-state index in [-0.39, 0.29) is 6.04 Å². The molecule has 1 atom stereocenters. The van der Waals surface area contributed by atoms with Gasteiger partial charge in [0.15, 0.2) is 0 Å². The van der Waals surface area contributed by atoms with Gasteiger partial charge in [-0.1, -0.05) is 31.9 Å². The van der Waals surface area contributed by atoms with Gasteiger partial charge in [-0.2, -0.15) is 0 Å². The van der Waals surface area contributed by atoms with Gasteiger partial charge >= 0.3 is 0 Å². The Kier molecular flexibility index (Phi) is 5.50. The molecule has 2 aromatic carbocycles. The molecule has 2 nitrogen and oxygen atoms in total. The Morgan fingerprint density at radius 2 is 1.85 bits per heavy atom. The summed E-state index contributed by atoms with van der Waals surface area (Å²) in [7, 11) is 1.67. The predicted octanol–water partition coefficient (Wildman–Crippen LogP) is 5.18. The monoisotopic (exact) mass is 509 g/mol. The van der Waals surface area contributed by atoms with E-state index in [0.717, 1.165) is 35.0 Å². The first-order valence-corrected chi connectivity index (χ1v) is 8.65. The van der Waals surface area contributed by atoms with Crippen molar-refractivity contribution in [2.45, 2.75) is 13.0 Å². The molecule has 0 bridgehead atoms. The van der Waals surface area contributed by atoms with Gasteiger partial charge in [-0.3, -0.25) is 0 Å². The summed E-state index contributed by atoms with van der Waals surface area (Å²) in [5.41, 5.74) is 9.63. The zero-order valence-corrected chi connectivity index (χ0v) is 16.4. The van der Waals surface area contributed by atoms with Crippen LogP contribution in [0.15, 0.2) is 39.3 Å². The Morgan fingerprint density at radius 3 is 2.50 bits per heavy atom. The smallest absolute Gasteiger partial charge is 0.124 e. The first kappa shape index (κ1) is 16.3. The summed E-state index contributed by atoms with van der Waals surface area (Å²) in [6.07, 6.45) is 0. The number of hydrogen-bond donors (Lipinski definition) is 1. The van der Waals surface area contributed by atoms with Crippen LogP contribution in [-0.4, -0.2) is 7.11 Å². The van der Waals surface area contributed by atoms with Crippen molar-refractivity contribution in [2.75, 3.05) is 7.11 Å². The maximum atomic E-state index is 6.45. The molecule has 5 heteroatoms. The molecule has 0 aliphatic carbocycles. The molecule has 2 aromatic rings. The molecule has 0 aliphatic heterocycles. The summed E-state index contributed by atoms with van der Waals surface area (Å²) in [4.78, 5) is 0. The average Bonchev–Trinajstić information content (AvgIpc) is 2.43. The van der Waals surface area contributed by atoms with Crippen molar-refractivity contribution >= 4 is 54.5 Å². The fourth-order valence-corrected chi connectivity index (χ4v) is 3.42. The lowest BCUT2D eigenvalue weighted by Gasteiger charge is -2.19. The molecule has 20 heavy (non-hydrogen) atoms. The molecular formula is C15H14Br2INO. The number of benzene rings is 2. The van der Waals surface area contributed by atoms with Gasteiger partial charge in [0.05, 0.1) is 13.2 Å². The molecule has 0 aromatic heterocycles. The van der Waals surface area contributed by atoms with Crippen molar-refractivity contribution in [1.29, 1.82) is 0 Å². The van der Waals surface area contributed by atoms with Crippen LogP contribution in [0.5, 0.6) is 5.75 Å².